The lowest BCUT2D eigenvalue weighted by Crippen LogP contribution is -2.00. The number of hydrogen-bond acceptors (Lipinski definition) is 2. The van der Waals surface area contributed by atoms with Gasteiger partial charge in [0, 0.05) is 12.8 Å². The van der Waals surface area contributed by atoms with Gasteiger partial charge in [0.2, 0.25) is 7.37 Å². The topological polar surface area (TPSA) is 57.5 Å². The Morgan fingerprint density at radius 1 is 1.00 bits per heavy atom. The molecule has 0 spiro atoms. The van der Waals surface area contributed by atoms with Gasteiger partial charge in [-0.2, -0.15) is 0 Å². The van der Waals surface area contributed by atoms with Crippen LogP contribution in [0.2, 0.25) is 0 Å². The van der Waals surface area contributed by atoms with Gasteiger partial charge in [-0.1, -0.05) is 52.0 Å². The Hall–Kier alpha value is -1.57. The van der Waals surface area contributed by atoms with E-state index in [0.29, 0.717) is 5.75 Å². The van der Waals surface area contributed by atoms with E-state index in [9.17, 15) is 14.6 Å². The SMILES string of the molecule is CC.Cc1cc(CP(C)(=O)O)cc(C)c1Cc1ccc(O)c(C(C)C)c1. The molecule has 1 unspecified atom stereocenters. The highest BCUT2D eigenvalue weighted by Gasteiger charge is 2.14. The van der Waals surface area contributed by atoms with Crippen molar-refractivity contribution in [3.05, 3.63) is 63.7 Å². The van der Waals surface area contributed by atoms with Gasteiger partial charge >= 0.3 is 0 Å². The number of phenols is 1. The summed E-state index contributed by atoms with van der Waals surface area (Å²) < 4.78 is 11.6. The zero-order valence-electron chi connectivity index (χ0n) is 17.1. The molecular formula is C22H33O3P. The van der Waals surface area contributed by atoms with Crippen molar-refractivity contribution >= 4 is 7.37 Å². The van der Waals surface area contributed by atoms with Crippen molar-refractivity contribution < 1.29 is 14.6 Å². The van der Waals surface area contributed by atoms with E-state index in [-0.39, 0.29) is 12.1 Å². The molecule has 2 aromatic rings. The van der Waals surface area contributed by atoms with Gasteiger partial charge in [-0.3, -0.25) is 4.57 Å². The number of aryl methyl sites for hydroxylation is 2. The van der Waals surface area contributed by atoms with Gasteiger partial charge in [0.05, 0.1) is 0 Å². The molecule has 0 heterocycles. The minimum absolute atomic E-state index is 0.214. The van der Waals surface area contributed by atoms with Crippen LogP contribution < -0.4 is 0 Å². The Morgan fingerprint density at radius 2 is 1.54 bits per heavy atom. The molecule has 0 aliphatic rings. The summed E-state index contributed by atoms with van der Waals surface area (Å²) in [6.07, 6.45) is 1.01. The molecule has 3 nitrogen and oxygen atoms in total. The first-order valence-corrected chi connectivity index (χ1v) is 11.6. The summed E-state index contributed by atoms with van der Waals surface area (Å²) in [5, 5.41) is 9.97. The first-order valence-electron chi connectivity index (χ1n) is 9.27. The molecule has 26 heavy (non-hydrogen) atoms. The quantitative estimate of drug-likeness (QED) is 0.615. The maximum atomic E-state index is 11.6. The summed E-state index contributed by atoms with van der Waals surface area (Å²) in [5.74, 6) is 0.622. The highest BCUT2D eigenvalue weighted by Crippen LogP contribution is 2.40. The average molecular weight is 376 g/mol. The third kappa shape index (κ3) is 6.30. The lowest BCUT2D eigenvalue weighted by Gasteiger charge is -2.15. The molecule has 0 saturated carbocycles. The molecule has 1 atom stereocenters. The molecule has 0 aromatic heterocycles. The summed E-state index contributed by atoms with van der Waals surface area (Å²) in [7, 11) is -3.06. The van der Waals surface area contributed by atoms with Crippen LogP contribution in [-0.2, 0) is 17.1 Å². The molecule has 0 aliphatic carbocycles. The lowest BCUT2D eigenvalue weighted by atomic mass is 9.92. The Labute approximate surface area is 158 Å². The molecule has 0 saturated heterocycles. The van der Waals surface area contributed by atoms with Crippen LogP contribution in [0.5, 0.6) is 5.75 Å². The fourth-order valence-electron chi connectivity index (χ4n) is 3.17. The third-order valence-electron chi connectivity index (χ3n) is 4.33. The molecule has 2 aromatic carbocycles. The van der Waals surface area contributed by atoms with Gasteiger partial charge in [0.15, 0.2) is 0 Å². The molecule has 2 rings (SSSR count). The van der Waals surface area contributed by atoms with Gasteiger partial charge in [0.25, 0.3) is 0 Å². The third-order valence-corrected chi connectivity index (χ3v) is 5.28. The predicted molar refractivity (Wildman–Crippen MR) is 112 cm³/mol. The second-order valence-electron chi connectivity index (χ2n) is 7.14. The van der Waals surface area contributed by atoms with E-state index in [1.165, 1.54) is 17.8 Å². The van der Waals surface area contributed by atoms with Crippen LogP contribution in [0.4, 0.5) is 0 Å². The molecule has 4 heteroatoms. The summed E-state index contributed by atoms with van der Waals surface area (Å²) in [4.78, 5) is 9.60. The number of aromatic hydroxyl groups is 1. The maximum Gasteiger partial charge on any atom is 0.201 e. The average Bonchev–Trinajstić information content (AvgIpc) is 2.52. The van der Waals surface area contributed by atoms with Crippen LogP contribution >= 0.6 is 7.37 Å². The van der Waals surface area contributed by atoms with Gasteiger partial charge in [-0.05, 0) is 65.6 Å². The minimum atomic E-state index is -3.06. The van der Waals surface area contributed by atoms with Crippen molar-refractivity contribution in [3.63, 3.8) is 0 Å². The largest absolute Gasteiger partial charge is 0.508 e. The number of benzene rings is 2. The van der Waals surface area contributed by atoms with Crippen molar-refractivity contribution in [3.8, 4) is 5.75 Å². The van der Waals surface area contributed by atoms with Gasteiger partial charge in [0.1, 0.15) is 5.75 Å². The Kier molecular flexibility index (Phi) is 8.12. The monoisotopic (exact) mass is 376 g/mol. The molecule has 144 valence electrons. The van der Waals surface area contributed by atoms with Gasteiger partial charge < -0.3 is 10.00 Å². The second kappa shape index (κ2) is 9.39. The smallest absolute Gasteiger partial charge is 0.201 e. The van der Waals surface area contributed by atoms with Crippen molar-refractivity contribution in [2.24, 2.45) is 0 Å². The highest BCUT2D eigenvalue weighted by atomic mass is 31.2. The molecule has 0 radical (unpaired) electrons. The Balaban J connectivity index is 0.00000163. The van der Waals surface area contributed by atoms with E-state index in [4.69, 9.17) is 0 Å². The van der Waals surface area contributed by atoms with E-state index in [2.05, 4.69) is 19.9 Å². The first kappa shape index (κ1) is 22.5. The van der Waals surface area contributed by atoms with Crippen molar-refractivity contribution in [2.45, 2.75) is 60.0 Å². The normalized spacial score (nSPS) is 13.1. The molecule has 0 aliphatic heterocycles. The number of hydrogen-bond donors (Lipinski definition) is 2. The first-order chi connectivity index (χ1) is 12.1. The second-order valence-corrected chi connectivity index (χ2v) is 9.56. The molecule has 2 N–H and O–H groups in total. The van der Waals surface area contributed by atoms with Crippen LogP contribution in [0.1, 0.15) is 67.0 Å². The minimum Gasteiger partial charge on any atom is -0.508 e. The van der Waals surface area contributed by atoms with Crippen LogP contribution in [0, 0.1) is 13.8 Å². The maximum absolute atomic E-state index is 11.6. The van der Waals surface area contributed by atoms with Crippen LogP contribution in [0.15, 0.2) is 30.3 Å². The Morgan fingerprint density at radius 3 is 2.00 bits per heavy atom. The Bertz CT molecular complexity index is 765. The molecule has 0 bridgehead atoms. The van der Waals surface area contributed by atoms with E-state index in [0.717, 1.165) is 28.7 Å². The molecular weight excluding hydrogens is 343 g/mol. The molecule has 0 fully saturated rings. The van der Waals surface area contributed by atoms with E-state index < -0.39 is 7.37 Å². The van der Waals surface area contributed by atoms with E-state index >= 15 is 0 Å². The lowest BCUT2D eigenvalue weighted by molar-refractivity contribution is 0.464. The van der Waals surface area contributed by atoms with Gasteiger partial charge in [-0.15, -0.1) is 0 Å². The standard InChI is InChI=1S/C20H27O3P.C2H6/c1-13(2)18-10-16(6-7-20(18)21)11-19-14(3)8-17(9-15(19)4)12-24(5,22)23;1-2/h6-10,13,21H,11-12H2,1-5H3,(H,22,23);1-2H3. The fourth-order valence-corrected chi connectivity index (χ4v) is 4.03. The summed E-state index contributed by atoms with van der Waals surface area (Å²) in [6, 6.07) is 9.82. The van der Waals surface area contributed by atoms with Crippen LogP contribution in [0.25, 0.3) is 0 Å². The summed E-state index contributed by atoms with van der Waals surface area (Å²) in [6.45, 7) is 13.6. The summed E-state index contributed by atoms with van der Waals surface area (Å²) >= 11 is 0. The van der Waals surface area contributed by atoms with E-state index in [1.807, 2.05) is 45.9 Å². The van der Waals surface area contributed by atoms with Crippen LogP contribution in [-0.4, -0.2) is 16.7 Å². The fraction of sp³-hybridized carbons (Fsp3) is 0.455. The van der Waals surface area contributed by atoms with Gasteiger partial charge in [-0.25, -0.2) is 0 Å². The van der Waals surface area contributed by atoms with Crippen LogP contribution in [0.3, 0.4) is 0 Å². The van der Waals surface area contributed by atoms with Crippen molar-refractivity contribution in [1.29, 1.82) is 0 Å². The van der Waals surface area contributed by atoms with E-state index in [1.54, 1.807) is 6.07 Å². The zero-order valence-corrected chi connectivity index (χ0v) is 18.0. The molecule has 0 amide bonds. The number of phenolic OH excluding ortho intramolecular Hbond substituents is 1. The summed E-state index contributed by atoms with van der Waals surface area (Å²) in [5.41, 5.74) is 6.55. The van der Waals surface area contributed by atoms with Crippen molar-refractivity contribution in [1.82, 2.24) is 0 Å². The van der Waals surface area contributed by atoms with Crippen molar-refractivity contribution in [2.75, 3.05) is 6.66 Å². The highest BCUT2D eigenvalue weighted by molar-refractivity contribution is 7.56. The zero-order chi connectivity index (χ0) is 20.1. The predicted octanol–water partition coefficient (Wildman–Crippen LogP) is 6.15. The number of rotatable bonds is 5.